The second-order valence-electron chi connectivity index (χ2n) is 2.94. The summed E-state index contributed by atoms with van der Waals surface area (Å²) in [6, 6.07) is 6.95. The van der Waals surface area contributed by atoms with Crippen LogP contribution in [0.15, 0.2) is 24.3 Å². The van der Waals surface area contributed by atoms with Gasteiger partial charge in [0.2, 0.25) is 0 Å². The van der Waals surface area contributed by atoms with Gasteiger partial charge < -0.3 is 11.0 Å². The second-order valence-corrected chi connectivity index (χ2v) is 2.94. The molecule has 2 N–H and O–H groups in total. The van der Waals surface area contributed by atoms with E-state index in [0.717, 1.165) is 0 Å². The van der Waals surface area contributed by atoms with Crippen LogP contribution in [0.2, 0.25) is 0 Å². The fraction of sp³-hybridized carbons (Fsp3) is 0.300. The van der Waals surface area contributed by atoms with Crippen molar-refractivity contribution in [1.82, 2.24) is 4.90 Å². The molecule has 0 aliphatic rings. The molecule has 0 atom stereocenters. The molecular formula is C10H14BNO3. The number of carbonyl (C=O) groups excluding carboxylic acids is 1. The smallest absolute Gasteiger partial charge is 0.870 e. The van der Waals surface area contributed by atoms with Crippen LogP contribution in [0.25, 0.3) is 0 Å². The molecule has 1 amide bonds. The fourth-order valence-electron chi connectivity index (χ4n) is 0.990. The second kappa shape index (κ2) is 7.03. The Hall–Kier alpha value is -1.33. The molecule has 1 aromatic carbocycles. The normalized spacial score (nSPS) is 8.53. The van der Waals surface area contributed by atoms with Crippen molar-refractivity contribution in [2.45, 2.75) is 6.92 Å². The topological polar surface area (TPSA) is 80.3 Å². The summed E-state index contributed by atoms with van der Waals surface area (Å²) in [5.74, 6) is 0.0301. The van der Waals surface area contributed by atoms with Crippen LogP contribution in [-0.2, 0) is 0 Å². The third kappa shape index (κ3) is 4.14. The maximum Gasteiger partial charge on any atom is -0.870 e. The van der Waals surface area contributed by atoms with Crippen LogP contribution in [0, 0.1) is 0 Å². The van der Waals surface area contributed by atoms with Gasteiger partial charge in [-0.3, -0.25) is 0 Å². The molecule has 0 saturated heterocycles. The molecule has 0 heterocycles. The van der Waals surface area contributed by atoms with Crippen LogP contribution in [0.5, 0.6) is 0 Å². The van der Waals surface area contributed by atoms with E-state index in [1.807, 2.05) is 6.92 Å². The SMILES string of the molecule is [B+2]c1ccc(C(=O)N(C)CC)cc1.[OH-].[OH-]. The Labute approximate surface area is 90.9 Å². The molecule has 0 bridgehead atoms. The maximum atomic E-state index is 11.6. The van der Waals surface area contributed by atoms with Crippen LogP contribution < -0.4 is 5.46 Å². The Morgan fingerprint density at radius 2 is 1.73 bits per heavy atom. The number of benzene rings is 1. The van der Waals surface area contributed by atoms with Gasteiger partial charge in [0, 0.05) is 0 Å². The third-order valence-corrected chi connectivity index (χ3v) is 1.98. The summed E-state index contributed by atoms with van der Waals surface area (Å²) < 4.78 is 0. The number of nitrogens with zero attached hydrogens (tertiary/aromatic N) is 1. The zero-order chi connectivity index (χ0) is 9.84. The van der Waals surface area contributed by atoms with Crippen molar-refractivity contribution < 1.29 is 15.7 Å². The predicted molar refractivity (Wildman–Crippen MR) is 58.3 cm³/mol. The van der Waals surface area contributed by atoms with Gasteiger partial charge in [-0.1, -0.05) is 0 Å². The van der Waals surface area contributed by atoms with Crippen molar-refractivity contribution in [2.75, 3.05) is 13.6 Å². The average Bonchev–Trinajstić information content (AvgIpc) is 2.17. The summed E-state index contributed by atoms with van der Waals surface area (Å²) in [5.41, 5.74) is 1.36. The Kier molecular flexibility index (Phi) is 7.56. The van der Waals surface area contributed by atoms with Crippen molar-refractivity contribution >= 4 is 19.2 Å². The van der Waals surface area contributed by atoms with Crippen LogP contribution in [0.1, 0.15) is 17.3 Å². The zero-order valence-electron chi connectivity index (χ0n) is 8.84. The van der Waals surface area contributed by atoms with Gasteiger partial charge in [-0.25, -0.2) is 0 Å². The molecule has 0 aliphatic carbocycles. The first kappa shape index (κ1) is 16.1. The first-order chi connectivity index (χ1) is 6.15. The molecule has 0 spiro atoms. The van der Waals surface area contributed by atoms with Crippen LogP contribution in [-0.4, -0.2) is 43.2 Å². The minimum atomic E-state index is 0. The Morgan fingerprint density at radius 1 is 1.27 bits per heavy atom. The number of carbonyl (C=O) groups is 1. The number of rotatable bonds is 2. The van der Waals surface area contributed by atoms with Gasteiger partial charge >= 0.3 is 79.3 Å². The summed E-state index contributed by atoms with van der Waals surface area (Å²) in [6.07, 6.45) is 0. The minimum Gasteiger partial charge on any atom is -0.870 e. The van der Waals surface area contributed by atoms with Crippen LogP contribution in [0.3, 0.4) is 0 Å². The van der Waals surface area contributed by atoms with Gasteiger partial charge in [-0.2, -0.15) is 0 Å². The summed E-state index contributed by atoms with van der Waals surface area (Å²) in [5, 5.41) is 0. The summed E-state index contributed by atoms with van der Waals surface area (Å²) in [6.45, 7) is 2.65. The molecule has 0 saturated carbocycles. The first-order valence-electron chi connectivity index (χ1n) is 4.26. The van der Waals surface area contributed by atoms with Gasteiger partial charge in [-0.15, -0.1) is 0 Å². The quantitative estimate of drug-likeness (QED) is 0.650. The van der Waals surface area contributed by atoms with E-state index >= 15 is 0 Å². The van der Waals surface area contributed by atoms with E-state index in [2.05, 4.69) is 0 Å². The van der Waals surface area contributed by atoms with Crippen molar-refractivity contribution in [3.05, 3.63) is 29.8 Å². The van der Waals surface area contributed by atoms with E-state index in [-0.39, 0.29) is 16.9 Å². The number of hydrogen-bond donors (Lipinski definition) is 0. The van der Waals surface area contributed by atoms with Crippen LogP contribution >= 0.6 is 0 Å². The molecule has 0 radical (unpaired) electrons. The van der Waals surface area contributed by atoms with Crippen LogP contribution in [0.4, 0.5) is 0 Å². The van der Waals surface area contributed by atoms with E-state index in [0.29, 0.717) is 17.6 Å². The van der Waals surface area contributed by atoms with Crippen molar-refractivity contribution in [3.63, 3.8) is 0 Å². The van der Waals surface area contributed by atoms with E-state index in [1.54, 1.807) is 36.2 Å². The van der Waals surface area contributed by atoms with E-state index in [1.165, 1.54) is 0 Å². The molecule has 1 aromatic rings. The Morgan fingerprint density at radius 3 is 2.13 bits per heavy atom. The van der Waals surface area contributed by atoms with Crippen molar-refractivity contribution in [2.24, 2.45) is 0 Å². The summed E-state index contributed by atoms with van der Waals surface area (Å²) >= 11 is 0. The third-order valence-electron chi connectivity index (χ3n) is 1.98. The molecule has 15 heavy (non-hydrogen) atoms. The van der Waals surface area contributed by atoms with E-state index < -0.39 is 0 Å². The molecule has 0 fully saturated rings. The molecule has 0 aromatic heterocycles. The summed E-state index contributed by atoms with van der Waals surface area (Å²) in [4.78, 5) is 13.2. The molecule has 1 rings (SSSR count). The zero-order valence-corrected chi connectivity index (χ0v) is 8.84. The Bertz CT molecular complexity index is 300. The number of amides is 1. The first-order valence-corrected chi connectivity index (χ1v) is 4.26. The van der Waals surface area contributed by atoms with E-state index in [9.17, 15) is 4.79 Å². The van der Waals surface area contributed by atoms with Gasteiger partial charge in [-0.05, 0) is 0 Å². The maximum absolute atomic E-state index is 11.6. The molecular weight excluding hydrogens is 193 g/mol. The predicted octanol–water partition coefficient (Wildman–Crippen LogP) is 0.219. The standard InChI is InChI=1S/C10H12BNO.2H2O/c1-3-12(2)10(13)8-4-6-9(11)7-5-8;;/h4-7H,3H2,1-2H3;2*1H2/q+2;;/p-2. The fourth-order valence-corrected chi connectivity index (χ4v) is 0.990. The van der Waals surface area contributed by atoms with Gasteiger partial charge in [0.05, 0.1) is 0 Å². The van der Waals surface area contributed by atoms with Gasteiger partial charge in [0.15, 0.2) is 0 Å². The van der Waals surface area contributed by atoms with Crippen molar-refractivity contribution in [1.29, 1.82) is 0 Å². The molecule has 0 unspecified atom stereocenters. The average molecular weight is 207 g/mol. The summed E-state index contributed by atoms with van der Waals surface area (Å²) in [7, 11) is 7.29. The minimum absolute atomic E-state index is 0. The molecule has 80 valence electrons. The van der Waals surface area contributed by atoms with Gasteiger partial charge in [0.1, 0.15) is 0 Å². The Balaban J connectivity index is 0. The van der Waals surface area contributed by atoms with Crippen molar-refractivity contribution in [3.8, 4) is 0 Å². The number of hydrogen-bond acceptors (Lipinski definition) is 3. The van der Waals surface area contributed by atoms with E-state index in [4.69, 9.17) is 7.85 Å². The van der Waals surface area contributed by atoms with Gasteiger partial charge in [0.25, 0.3) is 0 Å². The largest absolute Gasteiger partial charge is 0.870 e. The molecule has 4 nitrogen and oxygen atoms in total. The monoisotopic (exact) mass is 207 g/mol. The molecule has 0 aliphatic heterocycles. The molecule has 5 heteroatoms.